The van der Waals surface area contributed by atoms with Crippen LogP contribution < -0.4 is 9.64 Å². The van der Waals surface area contributed by atoms with E-state index in [1.165, 1.54) is 4.90 Å². The molecule has 0 saturated carbocycles. The van der Waals surface area contributed by atoms with Gasteiger partial charge in [0.05, 0.1) is 17.9 Å². The summed E-state index contributed by atoms with van der Waals surface area (Å²) in [7, 11) is 1.86. The lowest BCUT2D eigenvalue weighted by Crippen LogP contribution is -2.34. The zero-order valence-electron chi connectivity index (χ0n) is 20.2. The molecular formula is C29H30N2O3. The maximum absolute atomic E-state index is 13.7. The molecule has 1 aliphatic rings. The van der Waals surface area contributed by atoms with Gasteiger partial charge in [-0.05, 0) is 66.8 Å². The van der Waals surface area contributed by atoms with Gasteiger partial charge in [0.25, 0.3) is 11.8 Å². The smallest absolute Gasteiger partial charge is 0.282 e. The maximum atomic E-state index is 13.7. The predicted octanol–water partition coefficient (Wildman–Crippen LogP) is 5.51. The summed E-state index contributed by atoms with van der Waals surface area (Å²) in [5.41, 5.74) is 5.29. The second-order valence-corrected chi connectivity index (χ2v) is 8.65. The molecule has 1 heterocycles. The van der Waals surface area contributed by atoms with E-state index in [4.69, 9.17) is 4.74 Å². The summed E-state index contributed by atoms with van der Waals surface area (Å²) >= 11 is 0. The van der Waals surface area contributed by atoms with E-state index < -0.39 is 0 Å². The molecule has 174 valence electrons. The van der Waals surface area contributed by atoms with Crippen LogP contribution in [0.5, 0.6) is 5.75 Å². The number of likely N-dealkylation sites (N-methyl/N-ethyl adjacent to an activating group) is 1. The fourth-order valence-electron chi connectivity index (χ4n) is 4.11. The van der Waals surface area contributed by atoms with E-state index in [1.807, 2.05) is 98.6 Å². The van der Waals surface area contributed by atoms with E-state index in [2.05, 4.69) is 6.92 Å². The third-order valence-corrected chi connectivity index (χ3v) is 6.07. The molecule has 5 heteroatoms. The van der Waals surface area contributed by atoms with Crippen molar-refractivity contribution in [1.82, 2.24) is 4.90 Å². The van der Waals surface area contributed by atoms with Crippen LogP contribution in [0.3, 0.4) is 0 Å². The van der Waals surface area contributed by atoms with Crippen LogP contribution in [0, 0.1) is 13.8 Å². The van der Waals surface area contributed by atoms with Crippen molar-refractivity contribution in [3.63, 3.8) is 0 Å². The van der Waals surface area contributed by atoms with E-state index in [0.717, 1.165) is 28.9 Å². The van der Waals surface area contributed by atoms with Crippen LogP contribution in [0.1, 0.15) is 35.6 Å². The topological polar surface area (TPSA) is 49.9 Å². The Labute approximate surface area is 201 Å². The molecule has 5 nitrogen and oxygen atoms in total. The summed E-state index contributed by atoms with van der Waals surface area (Å²) in [5.74, 6) is 0.117. The van der Waals surface area contributed by atoms with Crippen molar-refractivity contribution in [1.29, 1.82) is 0 Å². The molecule has 2 amide bonds. The highest BCUT2D eigenvalue weighted by molar-refractivity contribution is 6.45. The van der Waals surface area contributed by atoms with Gasteiger partial charge in [-0.3, -0.25) is 9.59 Å². The number of nitrogens with zero attached hydrogens (tertiary/aromatic N) is 2. The zero-order valence-corrected chi connectivity index (χ0v) is 20.2. The lowest BCUT2D eigenvalue weighted by Gasteiger charge is -2.22. The Morgan fingerprint density at radius 1 is 0.853 bits per heavy atom. The molecule has 0 unspecified atom stereocenters. The number of carbonyl (C=O) groups is 2. The van der Waals surface area contributed by atoms with Crippen molar-refractivity contribution in [3.05, 3.63) is 101 Å². The minimum atomic E-state index is -0.314. The normalized spacial score (nSPS) is 13.6. The number of anilines is 1. The van der Waals surface area contributed by atoms with Crippen molar-refractivity contribution in [2.24, 2.45) is 0 Å². The van der Waals surface area contributed by atoms with Crippen LogP contribution in [0.15, 0.2) is 78.5 Å². The van der Waals surface area contributed by atoms with Gasteiger partial charge >= 0.3 is 0 Å². The van der Waals surface area contributed by atoms with Crippen LogP contribution in [0.2, 0.25) is 0 Å². The average molecular weight is 455 g/mol. The number of hydrogen-bond acceptors (Lipinski definition) is 4. The number of imide groups is 1. The molecular weight excluding hydrogens is 424 g/mol. The lowest BCUT2D eigenvalue weighted by molar-refractivity contribution is -0.120. The minimum Gasteiger partial charge on any atom is -0.494 e. The van der Waals surface area contributed by atoms with Crippen molar-refractivity contribution in [2.45, 2.75) is 33.7 Å². The fraction of sp³-hybridized carbons (Fsp3) is 0.241. The summed E-state index contributed by atoms with van der Waals surface area (Å²) in [4.78, 5) is 30.6. The van der Waals surface area contributed by atoms with E-state index in [1.54, 1.807) is 0 Å². The lowest BCUT2D eigenvalue weighted by atomic mass is 10.0. The third-order valence-electron chi connectivity index (χ3n) is 6.07. The van der Waals surface area contributed by atoms with E-state index >= 15 is 0 Å². The molecule has 3 aromatic rings. The van der Waals surface area contributed by atoms with Gasteiger partial charge < -0.3 is 9.64 Å². The maximum Gasteiger partial charge on any atom is 0.282 e. The van der Waals surface area contributed by atoms with Crippen LogP contribution >= 0.6 is 0 Å². The van der Waals surface area contributed by atoms with E-state index in [0.29, 0.717) is 35.7 Å². The molecule has 0 N–H and O–H groups in total. The second-order valence-electron chi connectivity index (χ2n) is 8.65. The quantitative estimate of drug-likeness (QED) is 0.421. The number of aryl methyl sites for hydroxylation is 2. The summed E-state index contributed by atoms with van der Waals surface area (Å²) in [6.07, 6.45) is 0.916. The first-order chi connectivity index (χ1) is 16.4. The van der Waals surface area contributed by atoms with Gasteiger partial charge in [0.1, 0.15) is 11.4 Å². The van der Waals surface area contributed by atoms with E-state index in [9.17, 15) is 9.59 Å². The first kappa shape index (κ1) is 23.3. The zero-order chi connectivity index (χ0) is 24.2. The van der Waals surface area contributed by atoms with Crippen molar-refractivity contribution in [3.8, 4) is 5.75 Å². The fourth-order valence-corrected chi connectivity index (χ4v) is 4.11. The number of carbonyl (C=O) groups excluding carboxylic acids is 2. The largest absolute Gasteiger partial charge is 0.494 e. The molecule has 34 heavy (non-hydrogen) atoms. The molecule has 0 spiro atoms. The first-order valence-electron chi connectivity index (χ1n) is 11.6. The van der Waals surface area contributed by atoms with Gasteiger partial charge in [-0.25, -0.2) is 4.90 Å². The van der Waals surface area contributed by atoms with E-state index in [-0.39, 0.29) is 11.8 Å². The SMILES string of the molecule is CCCOc1ccc(C2=C(N(C)Cc3ccccc3)C(=O)N(c3ccc(C)c(C)c3)C2=O)cc1. The van der Waals surface area contributed by atoms with Crippen molar-refractivity contribution < 1.29 is 14.3 Å². The molecule has 3 aromatic carbocycles. The first-order valence-corrected chi connectivity index (χ1v) is 11.6. The van der Waals surface area contributed by atoms with Crippen LogP contribution in [0.4, 0.5) is 5.69 Å². The molecule has 4 rings (SSSR count). The standard InChI is InChI=1S/C29H30N2O3/c1-5-17-34-25-15-12-23(13-16-25)26-27(30(4)19-22-9-7-6-8-10-22)29(33)31(28(26)32)24-14-11-20(2)21(3)18-24/h6-16,18H,5,17,19H2,1-4H3. The number of hydrogen-bond donors (Lipinski definition) is 0. The molecule has 0 atom stereocenters. The van der Waals surface area contributed by atoms with Gasteiger partial charge in [-0.2, -0.15) is 0 Å². The Hall–Kier alpha value is -3.86. The number of amides is 2. The summed E-state index contributed by atoms with van der Waals surface area (Å²) in [6, 6.07) is 23.0. The second kappa shape index (κ2) is 9.96. The predicted molar refractivity (Wildman–Crippen MR) is 135 cm³/mol. The van der Waals surface area contributed by atoms with Crippen molar-refractivity contribution in [2.75, 3.05) is 18.6 Å². The van der Waals surface area contributed by atoms with Gasteiger partial charge in [0, 0.05) is 13.6 Å². The van der Waals surface area contributed by atoms with Crippen LogP contribution in [-0.2, 0) is 16.1 Å². The highest BCUT2D eigenvalue weighted by Gasteiger charge is 2.41. The third kappa shape index (κ3) is 4.60. The molecule has 0 aromatic heterocycles. The van der Waals surface area contributed by atoms with Crippen LogP contribution in [0.25, 0.3) is 5.57 Å². The summed E-state index contributed by atoms with van der Waals surface area (Å²) in [5, 5.41) is 0. The molecule has 0 radical (unpaired) electrons. The molecule has 0 saturated heterocycles. The highest BCUT2D eigenvalue weighted by Crippen LogP contribution is 2.36. The molecule has 0 fully saturated rings. The minimum absolute atomic E-state index is 0.312. The van der Waals surface area contributed by atoms with Gasteiger partial charge in [-0.1, -0.05) is 55.5 Å². The monoisotopic (exact) mass is 454 g/mol. The number of ether oxygens (including phenoxy) is 1. The summed E-state index contributed by atoms with van der Waals surface area (Å²) < 4.78 is 5.70. The number of benzene rings is 3. The Balaban J connectivity index is 1.76. The van der Waals surface area contributed by atoms with Gasteiger partial charge in [-0.15, -0.1) is 0 Å². The Kier molecular flexibility index (Phi) is 6.82. The molecule has 0 aliphatic carbocycles. The Bertz CT molecular complexity index is 1230. The molecule has 0 bridgehead atoms. The molecule has 1 aliphatic heterocycles. The summed E-state index contributed by atoms with van der Waals surface area (Å²) in [6.45, 7) is 7.19. The van der Waals surface area contributed by atoms with Gasteiger partial charge in [0.15, 0.2) is 0 Å². The van der Waals surface area contributed by atoms with Gasteiger partial charge in [0.2, 0.25) is 0 Å². The Morgan fingerprint density at radius 2 is 1.56 bits per heavy atom. The van der Waals surface area contributed by atoms with Crippen LogP contribution in [-0.4, -0.2) is 30.4 Å². The Morgan fingerprint density at radius 3 is 2.21 bits per heavy atom. The number of rotatable bonds is 8. The average Bonchev–Trinajstić information content (AvgIpc) is 3.10. The highest BCUT2D eigenvalue weighted by atomic mass is 16.5. The van der Waals surface area contributed by atoms with Crippen molar-refractivity contribution >= 4 is 23.1 Å².